The fraction of sp³-hybridized carbons (Fsp3) is 0.750. The topological polar surface area (TPSA) is 0 Å². The first-order valence-corrected chi connectivity index (χ1v) is 10.8. The third kappa shape index (κ3) is 5.11. The van der Waals surface area contributed by atoms with Crippen LogP contribution in [0, 0.1) is 24.7 Å². The van der Waals surface area contributed by atoms with E-state index in [1.54, 1.807) is 5.56 Å². The summed E-state index contributed by atoms with van der Waals surface area (Å²) in [6.45, 7) is 4.56. The molecule has 2 fully saturated rings. The van der Waals surface area contributed by atoms with Crippen LogP contribution in [0.15, 0.2) is 24.3 Å². The highest BCUT2D eigenvalue weighted by Crippen LogP contribution is 2.39. The molecule has 0 heterocycles. The van der Waals surface area contributed by atoms with Crippen LogP contribution < -0.4 is 0 Å². The zero-order valence-electron chi connectivity index (χ0n) is 16.1. The Morgan fingerprint density at radius 3 is 1.75 bits per heavy atom. The molecular formula is C24H38. The molecule has 24 heavy (non-hydrogen) atoms. The van der Waals surface area contributed by atoms with Crippen LogP contribution in [0.2, 0.25) is 0 Å². The lowest BCUT2D eigenvalue weighted by molar-refractivity contribution is 0.241. The maximum atomic E-state index is 2.37. The van der Waals surface area contributed by atoms with Gasteiger partial charge in [-0.2, -0.15) is 0 Å². The van der Waals surface area contributed by atoms with E-state index in [2.05, 4.69) is 38.1 Å². The second kappa shape index (κ2) is 9.07. The highest BCUT2D eigenvalue weighted by atomic mass is 14.3. The van der Waals surface area contributed by atoms with E-state index in [-0.39, 0.29) is 0 Å². The standard InChI is InChI=1S/C24H38/c1-3-20-9-11-21(12-10-20)5-4-6-22-13-17-24(18-14-22)23-15-7-19(2)8-16-23/h7-8,15-16,20-22,24H,3-6,9-14,17-18H2,1-2H3. The van der Waals surface area contributed by atoms with Gasteiger partial charge in [0.2, 0.25) is 0 Å². The number of rotatable bonds is 6. The average Bonchev–Trinajstić information content (AvgIpc) is 2.64. The molecule has 0 bridgehead atoms. The fourth-order valence-electron chi connectivity index (χ4n) is 5.25. The van der Waals surface area contributed by atoms with Gasteiger partial charge in [-0.05, 0) is 61.8 Å². The molecule has 2 saturated carbocycles. The van der Waals surface area contributed by atoms with E-state index in [0.29, 0.717) is 0 Å². The molecule has 0 atom stereocenters. The summed E-state index contributed by atoms with van der Waals surface area (Å²) < 4.78 is 0. The summed E-state index contributed by atoms with van der Waals surface area (Å²) in [6.07, 6.45) is 17.8. The summed E-state index contributed by atoms with van der Waals surface area (Å²) in [5, 5.41) is 0. The lowest BCUT2D eigenvalue weighted by atomic mass is 9.75. The predicted molar refractivity (Wildman–Crippen MR) is 105 cm³/mol. The zero-order valence-corrected chi connectivity index (χ0v) is 16.1. The Morgan fingerprint density at radius 2 is 1.21 bits per heavy atom. The van der Waals surface area contributed by atoms with Crippen molar-refractivity contribution in [2.75, 3.05) is 0 Å². The molecule has 0 N–H and O–H groups in total. The van der Waals surface area contributed by atoms with Gasteiger partial charge in [0, 0.05) is 0 Å². The van der Waals surface area contributed by atoms with E-state index in [4.69, 9.17) is 0 Å². The molecule has 134 valence electrons. The maximum absolute atomic E-state index is 2.37. The molecule has 1 aromatic rings. The second-order valence-corrected chi connectivity index (χ2v) is 8.85. The molecular weight excluding hydrogens is 288 g/mol. The largest absolute Gasteiger partial charge is 0.0651 e. The predicted octanol–water partition coefficient (Wildman–Crippen LogP) is 7.66. The Hall–Kier alpha value is -0.780. The lowest BCUT2D eigenvalue weighted by Gasteiger charge is -2.30. The Labute approximate surface area is 150 Å². The van der Waals surface area contributed by atoms with Crippen molar-refractivity contribution in [2.45, 2.75) is 96.8 Å². The second-order valence-electron chi connectivity index (χ2n) is 8.85. The summed E-state index contributed by atoms with van der Waals surface area (Å²) in [7, 11) is 0. The Morgan fingerprint density at radius 1 is 0.708 bits per heavy atom. The third-order valence-corrected chi connectivity index (χ3v) is 7.16. The fourth-order valence-corrected chi connectivity index (χ4v) is 5.25. The first-order valence-electron chi connectivity index (χ1n) is 10.8. The van der Waals surface area contributed by atoms with E-state index in [1.165, 1.54) is 82.6 Å². The van der Waals surface area contributed by atoms with Crippen LogP contribution in [0.1, 0.15) is 101 Å². The molecule has 0 nitrogen and oxygen atoms in total. The van der Waals surface area contributed by atoms with Crippen molar-refractivity contribution in [1.82, 2.24) is 0 Å². The van der Waals surface area contributed by atoms with E-state index in [0.717, 1.165) is 23.7 Å². The van der Waals surface area contributed by atoms with E-state index < -0.39 is 0 Å². The smallest absolute Gasteiger partial charge is 0.0162 e. The average molecular weight is 327 g/mol. The van der Waals surface area contributed by atoms with Gasteiger partial charge in [-0.3, -0.25) is 0 Å². The minimum Gasteiger partial charge on any atom is -0.0651 e. The number of hydrogen-bond acceptors (Lipinski definition) is 0. The quantitative estimate of drug-likeness (QED) is 0.503. The van der Waals surface area contributed by atoms with Crippen LogP contribution in [0.5, 0.6) is 0 Å². The molecule has 0 aromatic heterocycles. The summed E-state index contributed by atoms with van der Waals surface area (Å²) in [4.78, 5) is 0. The van der Waals surface area contributed by atoms with Gasteiger partial charge < -0.3 is 0 Å². The summed E-state index contributed by atoms with van der Waals surface area (Å²) in [6, 6.07) is 9.31. The van der Waals surface area contributed by atoms with Crippen molar-refractivity contribution in [2.24, 2.45) is 17.8 Å². The number of hydrogen-bond donors (Lipinski definition) is 0. The van der Waals surface area contributed by atoms with Crippen LogP contribution in [0.25, 0.3) is 0 Å². The van der Waals surface area contributed by atoms with Gasteiger partial charge in [-0.25, -0.2) is 0 Å². The molecule has 0 aliphatic heterocycles. The first-order chi connectivity index (χ1) is 11.7. The van der Waals surface area contributed by atoms with E-state index in [1.807, 2.05) is 0 Å². The number of aryl methyl sites for hydroxylation is 1. The molecule has 2 aliphatic carbocycles. The van der Waals surface area contributed by atoms with Gasteiger partial charge in [-0.15, -0.1) is 0 Å². The molecule has 0 heteroatoms. The highest BCUT2D eigenvalue weighted by molar-refractivity contribution is 5.24. The molecule has 0 spiro atoms. The van der Waals surface area contributed by atoms with Gasteiger partial charge in [0.15, 0.2) is 0 Å². The lowest BCUT2D eigenvalue weighted by Crippen LogP contribution is -2.16. The highest BCUT2D eigenvalue weighted by Gasteiger charge is 2.23. The van der Waals surface area contributed by atoms with E-state index >= 15 is 0 Å². The molecule has 0 unspecified atom stereocenters. The van der Waals surface area contributed by atoms with Crippen molar-refractivity contribution in [3.8, 4) is 0 Å². The van der Waals surface area contributed by atoms with Crippen LogP contribution >= 0.6 is 0 Å². The van der Waals surface area contributed by atoms with Crippen LogP contribution in [0.4, 0.5) is 0 Å². The SMILES string of the molecule is CCC1CCC(CCCC2CCC(c3ccc(C)cc3)CC2)CC1. The van der Waals surface area contributed by atoms with Gasteiger partial charge in [0.1, 0.15) is 0 Å². The van der Waals surface area contributed by atoms with Crippen molar-refractivity contribution in [3.63, 3.8) is 0 Å². The number of benzene rings is 1. The Balaban J connectivity index is 1.32. The third-order valence-electron chi connectivity index (χ3n) is 7.16. The normalized spacial score (nSPS) is 31.1. The van der Waals surface area contributed by atoms with Crippen molar-refractivity contribution in [1.29, 1.82) is 0 Å². The molecule has 1 aromatic carbocycles. The van der Waals surface area contributed by atoms with Crippen LogP contribution in [0.3, 0.4) is 0 Å². The van der Waals surface area contributed by atoms with Gasteiger partial charge >= 0.3 is 0 Å². The first kappa shape index (κ1) is 18.0. The maximum Gasteiger partial charge on any atom is -0.0162 e. The van der Waals surface area contributed by atoms with Crippen molar-refractivity contribution in [3.05, 3.63) is 35.4 Å². The molecule has 0 amide bonds. The van der Waals surface area contributed by atoms with Crippen LogP contribution in [-0.2, 0) is 0 Å². The van der Waals surface area contributed by atoms with Crippen LogP contribution in [-0.4, -0.2) is 0 Å². The minimum absolute atomic E-state index is 0.839. The van der Waals surface area contributed by atoms with Crippen molar-refractivity contribution < 1.29 is 0 Å². The zero-order chi connectivity index (χ0) is 16.8. The van der Waals surface area contributed by atoms with Gasteiger partial charge in [0.25, 0.3) is 0 Å². The molecule has 0 saturated heterocycles. The summed E-state index contributed by atoms with van der Waals surface area (Å²) >= 11 is 0. The Kier molecular flexibility index (Phi) is 6.81. The molecule has 0 radical (unpaired) electrons. The summed E-state index contributed by atoms with van der Waals surface area (Å²) in [5.41, 5.74) is 2.98. The van der Waals surface area contributed by atoms with E-state index in [9.17, 15) is 0 Å². The van der Waals surface area contributed by atoms with Gasteiger partial charge in [-0.1, -0.05) is 88.1 Å². The van der Waals surface area contributed by atoms with Crippen molar-refractivity contribution >= 4 is 0 Å². The molecule has 2 aliphatic rings. The Bertz CT molecular complexity index is 455. The van der Waals surface area contributed by atoms with Gasteiger partial charge in [0.05, 0.1) is 0 Å². The summed E-state index contributed by atoms with van der Waals surface area (Å²) in [5.74, 6) is 3.99. The minimum atomic E-state index is 0.839. The monoisotopic (exact) mass is 326 g/mol. The molecule has 3 rings (SSSR count).